The lowest BCUT2D eigenvalue weighted by Gasteiger charge is -2.10. The Labute approximate surface area is 117 Å². The van der Waals surface area contributed by atoms with Gasteiger partial charge in [-0.25, -0.2) is 4.79 Å². The number of esters is 1. The lowest BCUT2D eigenvalue weighted by atomic mass is 10.1. The number of nitrogens with one attached hydrogen (secondary N) is 1. The van der Waals surface area contributed by atoms with E-state index in [0.29, 0.717) is 30.0 Å². The fourth-order valence-electron chi connectivity index (χ4n) is 2.03. The number of methoxy groups -OCH3 is 1. The quantitative estimate of drug-likeness (QED) is 0.770. The van der Waals surface area contributed by atoms with Crippen molar-refractivity contribution in [2.45, 2.75) is 25.4 Å². The maximum Gasteiger partial charge on any atom is 0.337 e. The highest BCUT2D eigenvalue weighted by Crippen LogP contribution is 2.33. The van der Waals surface area contributed by atoms with Crippen LogP contribution < -0.4 is 5.32 Å². The van der Waals surface area contributed by atoms with Gasteiger partial charge < -0.3 is 15.2 Å². The van der Waals surface area contributed by atoms with Crippen molar-refractivity contribution in [3.8, 4) is 0 Å². The van der Waals surface area contributed by atoms with Crippen molar-refractivity contribution in [1.29, 1.82) is 0 Å². The van der Waals surface area contributed by atoms with Gasteiger partial charge in [0.15, 0.2) is 0 Å². The van der Waals surface area contributed by atoms with E-state index in [1.165, 1.54) is 7.11 Å². The van der Waals surface area contributed by atoms with Gasteiger partial charge in [0, 0.05) is 12.1 Å². The van der Waals surface area contributed by atoms with E-state index in [2.05, 4.69) is 10.1 Å². The molecule has 2 rings (SSSR count). The highest BCUT2D eigenvalue weighted by molar-refractivity contribution is 5.96. The number of benzene rings is 1. The average molecular weight is 277 g/mol. The van der Waals surface area contributed by atoms with E-state index >= 15 is 0 Å². The van der Waals surface area contributed by atoms with E-state index in [0.717, 1.165) is 12.8 Å². The molecule has 0 radical (unpaired) electrons. The number of aliphatic hydroxyl groups excluding tert-OH is 1. The molecule has 0 aromatic heterocycles. The lowest BCUT2D eigenvalue weighted by molar-refractivity contribution is 0.0600. The summed E-state index contributed by atoms with van der Waals surface area (Å²) in [6.45, 7) is 0.454. The van der Waals surface area contributed by atoms with Crippen LogP contribution in [0.25, 0.3) is 0 Å². The molecule has 1 saturated carbocycles. The molecule has 1 aliphatic rings. The van der Waals surface area contributed by atoms with E-state index in [4.69, 9.17) is 0 Å². The molecule has 2 N–H and O–H groups in total. The number of hydrogen-bond acceptors (Lipinski definition) is 4. The molecular weight excluding hydrogens is 258 g/mol. The van der Waals surface area contributed by atoms with Crippen molar-refractivity contribution < 1.29 is 19.4 Å². The van der Waals surface area contributed by atoms with Crippen molar-refractivity contribution in [2.75, 3.05) is 13.7 Å². The molecule has 0 spiro atoms. The van der Waals surface area contributed by atoms with Crippen molar-refractivity contribution in [3.63, 3.8) is 0 Å². The molecule has 1 aromatic carbocycles. The van der Waals surface area contributed by atoms with E-state index in [9.17, 15) is 14.7 Å². The van der Waals surface area contributed by atoms with Crippen LogP contribution in [0.4, 0.5) is 0 Å². The van der Waals surface area contributed by atoms with Crippen LogP contribution in [0.3, 0.4) is 0 Å². The van der Waals surface area contributed by atoms with Crippen LogP contribution in [0, 0.1) is 5.92 Å². The summed E-state index contributed by atoms with van der Waals surface area (Å²) >= 11 is 0. The van der Waals surface area contributed by atoms with E-state index in [-0.39, 0.29) is 12.0 Å². The Hall–Kier alpha value is -1.88. The molecule has 0 unspecified atom stereocenters. The number of hydrogen-bond donors (Lipinski definition) is 2. The topological polar surface area (TPSA) is 75.6 Å². The minimum Gasteiger partial charge on any atom is -0.465 e. The van der Waals surface area contributed by atoms with Gasteiger partial charge >= 0.3 is 5.97 Å². The number of carbonyl (C=O) groups is 2. The SMILES string of the molecule is COC(=O)c1ccc(C(=O)NCC[C@@H](O)C2CC2)cc1. The molecule has 0 heterocycles. The summed E-state index contributed by atoms with van der Waals surface area (Å²) in [4.78, 5) is 23.1. The minimum absolute atomic E-state index is 0.204. The normalized spacial score (nSPS) is 15.5. The second-order valence-electron chi connectivity index (χ2n) is 5.02. The molecule has 108 valence electrons. The summed E-state index contributed by atoms with van der Waals surface area (Å²) in [5.41, 5.74) is 0.895. The summed E-state index contributed by atoms with van der Waals surface area (Å²) in [6, 6.07) is 6.28. The van der Waals surface area contributed by atoms with Crippen LogP contribution in [-0.4, -0.2) is 36.7 Å². The Morgan fingerprint density at radius 2 is 1.90 bits per heavy atom. The predicted octanol–water partition coefficient (Wildman–Crippen LogP) is 1.36. The van der Waals surface area contributed by atoms with Crippen LogP contribution in [0.5, 0.6) is 0 Å². The monoisotopic (exact) mass is 277 g/mol. The van der Waals surface area contributed by atoms with Gasteiger partial charge in [0.25, 0.3) is 5.91 Å². The molecule has 1 amide bonds. The molecule has 1 fully saturated rings. The Bertz CT molecular complexity index is 479. The molecule has 1 atom stereocenters. The van der Waals surface area contributed by atoms with Gasteiger partial charge in [-0.05, 0) is 49.4 Å². The summed E-state index contributed by atoms with van der Waals surface area (Å²) in [7, 11) is 1.31. The Morgan fingerprint density at radius 1 is 1.30 bits per heavy atom. The first-order valence-electron chi connectivity index (χ1n) is 6.76. The van der Waals surface area contributed by atoms with Gasteiger partial charge in [-0.2, -0.15) is 0 Å². The number of carbonyl (C=O) groups excluding carboxylic acids is 2. The third kappa shape index (κ3) is 3.81. The number of ether oxygens (including phenoxy) is 1. The molecule has 0 aliphatic heterocycles. The molecular formula is C15H19NO4. The van der Waals surface area contributed by atoms with Gasteiger partial charge in [0.05, 0.1) is 18.8 Å². The van der Waals surface area contributed by atoms with Crippen LogP contribution in [0.1, 0.15) is 40.0 Å². The first-order valence-corrected chi connectivity index (χ1v) is 6.76. The highest BCUT2D eigenvalue weighted by Gasteiger charge is 2.29. The Morgan fingerprint density at radius 3 is 2.45 bits per heavy atom. The molecule has 5 nitrogen and oxygen atoms in total. The van der Waals surface area contributed by atoms with Crippen molar-refractivity contribution in [2.24, 2.45) is 5.92 Å². The third-order valence-corrected chi connectivity index (χ3v) is 3.46. The van der Waals surface area contributed by atoms with Crippen LogP contribution in [0.2, 0.25) is 0 Å². The number of rotatable bonds is 6. The maximum atomic E-state index is 11.9. The van der Waals surface area contributed by atoms with Gasteiger partial charge in [0.2, 0.25) is 0 Å². The Kier molecular flexibility index (Phi) is 4.74. The molecule has 20 heavy (non-hydrogen) atoms. The first-order chi connectivity index (χ1) is 9.61. The van der Waals surface area contributed by atoms with Crippen LogP contribution >= 0.6 is 0 Å². The summed E-state index contributed by atoms with van der Waals surface area (Å²) in [5.74, 6) is -0.208. The van der Waals surface area contributed by atoms with Gasteiger partial charge in [-0.15, -0.1) is 0 Å². The zero-order valence-corrected chi connectivity index (χ0v) is 11.5. The van der Waals surface area contributed by atoms with E-state index in [1.54, 1.807) is 24.3 Å². The number of aliphatic hydroxyl groups is 1. The average Bonchev–Trinajstić information content (AvgIpc) is 3.31. The molecule has 0 saturated heterocycles. The van der Waals surface area contributed by atoms with Crippen molar-refractivity contribution >= 4 is 11.9 Å². The van der Waals surface area contributed by atoms with E-state index in [1.807, 2.05) is 0 Å². The zero-order valence-electron chi connectivity index (χ0n) is 11.5. The lowest BCUT2D eigenvalue weighted by Crippen LogP contribution is -2.27. The summed E-state index contributed by atoms with van der Waals surface area (Å²) in [5, 5.41) is 12.5. The van der Waals surface area contributed by atoms with Crippen LogP contribution in [0.15, 0.2) is 24.3 Å². The second-order valence-corrected chi connectivity index (χ2v) is 5.02. The van der Waals surface area contributed by atoms with Gasteiger partial charge in [-0.3, -0.25) is 4.79 Å². The van der Waals surface area contributed by atoms with Crippen LogP contribution in [-0.2, 0) is 4.74 Å². The Balaban J connectivity index is 1.81. The molecule has 1 aliphatic carbocycles. The largest absolute Gasteiger partial charge is 0.465 e. The fraction of sp³-hybridized carbons (Fsp3) is 0.467. The third-order valence-electron chi connectivity index (χ3n) is 3.46. The zero-order chi connectivity index (χ0) is 14.5. The smallest absolute Gasteiger partial charge is 0.337 e. The number of amides is 1. The van der Waals surface area contributed by atoms with Gasteiger partial charge in [0.1, 0.15) is 0 Å². The summed E-state index contributed by atoms with van der Waals surface area (Å²) in [6.07, 6.45) is 2.45. The van der Waals surface area contributed by atoms with Crippen molar-refractivity contribution in [1.82, 2.24) is 5.32 Å². The highest BCUT2D eigenvalue weighted by atomic mass is 16.5. The van der Waals surface area contributed by atoms with Crippen molar-refractivity contribution in [3.05, 3.63) is 35.4 Å². The minimum atomic E-state index is -0.426. The first kappa shape index (κ1) is 14.5. The predicted molar refractivity (Wildman–Crippen MR) is 73.5 cm³/mol. The fourth-order valence-corrected chi connectivity index (χ4v) is 2.03. The molecule has 1 aromatic rings. The second kappa shape index (κ2) is 6.52. The maximum absolute atomic E-state index is 11.9. The van der Waals surface area contributed by atoms with Gasteiger partial charge in [-0.1, -0.05) is 0 Å². The molecule has 5 heteroatoms. The molecule has 0 bridgehead atoms. The summed E-state index contributed by atoms with van der Waals surface area (Å²) < 4.78 is 4.59. The van der Waals surface area contributed by atoms with E-state index < -0.39 is 5.97 Å². The standard InChI is InChI=1S/C15H19NO4/c1-20-15(19)12-6-4-11(5-7-12)14(18)16-9-8-13(17)10-2-3-10/h4-7,10,13,17H,2-3,8-9H2,1H3,(H,16,18)/t13-/m1/s1.